The number of carbonyl (C=O) groups excluding carboxylic acids is 1. The maximum atomic E-state index is 14.1. The largest absolute Gasteiger partial charge is 0.394 e. The lowest BCUT2D eigenvalue weighted by Gasteiger charge is -2.48. The van der Waals surface area contributed by atoms with Crippen molar-refractivity contribution < 1.29 is 57.6 Å². The van der Waals surface area contributed by atoms with Gasteiger partial charge in [0.25, 0.3) is 0 Å². The van der Waals surface area contributed by atoms with E-state index < -0.39 is 24.1 Å². The van der Waals surface area contributed by atoms with Crippen LogP contribution in [0.1, 0.15) is 104 Å². The van der Waals surface area contributed by atoms with E-state index >= 15 is 0 Å². The smallest absolute Gasteiger partial charge is 0.172 e. The first-order valence-corrected chi connectivity index (χ1v) is 20.7. The Labute approximate surface area is 313 Å². The lowest BCUT2D eigenvalue weighted by Crippen LogP contribution is -2.61. The van der Waals surface area contributed by atoms with E-state index in [-0.39, 0.29) is 122 Å². The molecule has 12 bridgehead atoms. The molecule has 298 valence electrons. The molecule has 2 N–H and O–H groups in total. The van der Waals surface area contributed by atoms with Gasteiger partial charge in [-0.15, -0.1) is 0 Å². The monoisotopic (exact) mass is 746 g/mol. The zero-order chi connectivity index (χ0) is 36.8. The number of methoxy groups -OCH3 is 1. The molecule has 10 aliphatic rings. The van der Waals surface area contributed by atoms with Gasteiger partial charge in [-0.1, -0.05) is 27.4 Å². The Bertz CT molecular complexity index is 1370. The number of rotatable bonds is 4. The van der Waals surface area contributed by atoms with Crippen LogP contribution >= 0.6 is 0 Å². The molecule has 0 saturated carbocycles. The minimum Gasteiger partial charge on any atom is -0.394 e. The highest BCUT2D eigenvalue weighted by Gasteiger charge is 2.68. The number of fused-ring (bicyclic) bond motifs is 6. The van der Waals surface area contributed by atoms with Gasteiger partial charge >= 0.3 is 0 Å². The molecule has 10 saturated heterocycles. The molecular formula is C41H62O12. The summed E-state index contributed by atoms with van der Waals surface area (Å²) >= 11 is 0. The molecule has 53 heavy (non-hydrogen) atoms. The average molecular weight is 747 g/mol. The van der Waals surface area contributed by atoms with Gasteiger partial charge in [0.05, 0.1) is 73.8 Å². The number of aliphatic hydroxyl groups is 2. The fraction of sp³-hybridized carbons (Fsp3) is 0.927. The Kier molecular flexibility index (Phi) is 10.2. The maximum absolute atomic E-state index is 14.1. The van der Waals surface area contributed by atoms with Crippen molar-refractivity contribution in [3.63, 3.8) is 0 Å². The fourth-order valence-corrected chi connectivity index (χ4v) is 11.7. The summed E-state index contributed by atoms with van der Waals surface area (Å²) < 4.78 is 60.3. The van der Waals surface area contributed by atoms with E-state index in [9.17, 15) is 15.0 Å². The second kappa shape index (κ2) is 14.4. The molecule has 0 amide bonds. The number of Topliss-reactive ketones (excluding diaryl/α,β-unsaturated/α-hetero) is 1. The van der Waals surface area contributed by atoms with Crippen molar-refractivity contribution >= 4 is 5.78 Å². The van der Waals surface area contributed by atoms with Crippen LogP contribution in [0.2, 0.25) is 0 Å². The third kappa shape index (κ3) is 6.81. The normalized spacial score (nSPS) is 52.6. The molecule has 10 aliphatic heterocycles. The van der Waals surface area contributed by atoms with Gasteiger partial charge in [0.1, 0.15) is 36.3 Å². The van der Waals surface area contributed by atoms with E-state index in [4.69, 9.17) is 42.6 Å². The Morgan fingerprint density at radius 3 is 2.38 bits per heavy atom. The first kappa shape index (κ1) is 37.5. The molecule has 0 aromatic rings. The molecule has 1 spiro atoms. The summed E-state index contributed by atoms with van der Waals surface area (Å²) in [6.07, 6.45) is 4.65. The Hall–Kier alpha value is -1.03. The molecule has 0 aromatic carbocycles. The molecule has 12 nitrogen and oxygen atoms in total. The molecular weight excluding hydrogens is 684 g/mol. The number of ketones is 1. The second-order valence-corrected chi connectivity index (χ2v) is 18.6. The van der Waals surface area contributed by atoms with Crippen molar-refractivity contribution in [2.75, 3.05) is 13.7 Å². The summed E-state index contributed by atoms with van der Waals surface area (Å²) in [4.78, 5) is 14.1. The summed E-state index contributed by atoms with van der Waals surface area (Å²) in [6, 6.07) is 0. The summed E-state index contributed by atoms with van der Waals surface area (Å²) in [5.41, 5.74) is 1.02. The lowest BCUT2D eigenvalue weighted by atomic mass is 9.68. The minimum absolute atomic E-state index is 0.0123. The van der Waals surface area contributed by atoms with E-state index in [0.717, 1.165) is 50.5 Å². The molecule has 19 atom stereocenters. The first-order valence-electron chi connectivity index (χ1n) is 20.7. The summed E-state index contributed by atoms with van der Waals surface area (Å²) in [6.45, 7) is 11.0. The van der Waals surface area contributed by atoms with Crippen LogP contribution in [0.4, 0.5) is 0 Å². The highest BCUT2D eigenvalue weighted by atomic mass is 16.8. The molecule has 10 fully saturated rings. The van der Waals surface area contributed by atoms with Crippen LogP contribution in [0.5, 0.6) is 0 Å². The van der Waals surface area contributed by atoms with Crippen molar-refractivity contribution in [2.45, 2.75) is 208 Å². The van der Waals surface area contributed by atoms with Crippen LogP contribution < -0.4 is 0 Å². The second-order valence-electron chi connectivity index (χ2n) is 18.6. The topological polar surface area (TPSA) is 141 Å². The molecule has 0 radical (unpaired) electrons. The third-order valence-corrected chi connectivity index (χ3v) is 15.0. The van der Waals surface area contributed by atoms with Gasteiger partial charge in [-0.2, -0.15) is 0 Å². The number of hydrogen-bond acceptors (Lipinski definition) is 12. The molecule has 3 unspecified atom stereocenters. The number of ether oxygens (including phenoxy) is 9. The van der Waals surface area contributed by atoms with Gasteiger partial charge in [0, 0.05) is 51.6 Å². The fourth-order valence-electron chi connectivity index (χ4n) is 11.7. The third-order valence-electron chi connectivity index (χ3n) is 15.0. The van der Waals surface area contributed by atoms with Crippen LogP contribution in [0.25, 0.3) is 0 Å². The molecule has 12 heteroatoms. The Morgan fingerprint density at radius 2 is 1.57 bits per heavy atom. The lowest BCUT2D eigenvalue weighted by molar-refractivity contribution is -0.292. The minimum atomic E-state index is -0.940. The number of aliphatic hydroxyl groups excluding tert-OH is 2. The quantitative estimate of drug-likeness (QED) is 0.403. The molecule has 0 aliphatic carbocycles. The highest BCUT2D eigenvalue weighted by molar-refractivity contribution is 5.79. The van der Waals surface area contributed by atoms with Crippen molar-refractivity contribution in [1.82, 2.24) is 0 Å². The van der Waals surface area contributed by atoms with E-state index in [1.54, 1.807) is 7.11 Å². The Morgan fingerprint density at radius 1 is 0.811 bits per heavy atom. The van der Waals surface area contributed by atoms with Crippen LogP contribution in [0, 0.1) is 17.3 Å². The highest BCUT2D eigenvalue weighted by Crippen LogP contribution is 2.55. The van der Waals surface area contributed by atoms with Gasteiger partial charge in [0.15, 0.2) is 5.79 Å². The van der Waals surface area contributed by atoms with Gasteiger partial charge < -0.3 is 52.8 Å². The zero-order valence-corrected chi connectivity index (χ0v) is 32.0. The molecule has 0 aromatic heterocycles. The van der Waals surface area contributed by atoms with Crippen LogP contribution in [-0.2, 0) is 47.4 Å². The van der Waals surface area contributed by atoms with Crippen LogP contribution in [-0.4, -0.2) is 133 Å². The number of hydrogen-bond donors (Lipinski definition) is 2. The zero-order valence-electron chi connectivity index (χ0n) is 32.0. The Balaban J connectivity index is 1.00. The number of carbonyl (C=O) groups is 1. The van der Waals surface area contributed by atoms with Crippen molar-refractivity contribution in [3.8, 4) is 0 Å². The van der Waals surface area contributed by atoms with E-state index in [0.29, 0.717) is 25.2 Å². The average Bonchev–Trinajstić information content (AvgIpc) is 3.80. The van der Waals surface area contributed by atoms with E-state index in [1.165, 1.54) is 0 Å². The van der Waals surface area contributed by atoms with Crippen molar-refractivity contribution in [2.24, 2.45) is 17.3 Å². The molecule has 10 rings (SSSR count). The van der Waals surface area contributed by atoms with E-state index in [2.05, 4.69) is 27.4 Å². The predicted molar refractivity (Wildman–Crippen MR) is 189 cm³/mol. The van der Waals surface area contributed by atoms with Gasteiger partial charge in [-0.05, 0) is 61.9 Å². The first-order chi connectivity index (χ1) is 25.4. The van der Waals surface area contributed by atoms with Gasteiger partial charge in [0.2, 0.25) is 0 Å². The van der Waals surface area contributed by atoms with Crippen molar-refractivity contribution in [3.05, 3.63) is 12.2 Å². The van der Waals surface area contributed by atoms with Gasteiger partial charge in [-0.3, -0.25) is 4.79 Å². The predicted octanol–water partition coefficient (Wildman–Crippen LogP) is 3.94. The molecule has 10 heterocycles. The maximum Gasteiger partial charge on any atom is 0.172 e. The van der Waals surface area contributed by atoms with Crippen LogP contribution in [0.3, 0.4) is 0 Å². The van der Waals surface area contributed by atoms with E-state index in [1.807, 2.05) is 0 Å². The summed E-state index contributed by atoms with van der Waals surface area (Å²) in [5.74, 6) is -0.519. The van der Waals surface area contributed by atoms with Crippen LogP contribution in [0.15, 0.2) is 12.2 Å². The van der Waals surface area contributed by atoms with Crippen molar-refractivity contribution in [1.29, 1.82) is 0 Å². The summed E-state index contributed by atoms with van der Waals surface area (Å²) in [7, 11) is 1.65. The standard InChI is InChI=1S/C41H62O12/c1-20-12-26-10-11-41-18-32-36(52-41)37-38(51-32)39(53-41)35-29(50-37)9-7-25(48-35)14-22(43)15-27-30(49-31(34(27)45-5)16-23(44)19-42)17-33-40(3,4)21(2)13-24(47-33)6-8-28(20)46-26/h21,23-39,42,44H,1,6-19H2,2-5H3/t21-,23+,24+,25-,26+,27?,28?,29+,30+,31-,32-,33?,34-,35+,36+,37+,38-,39+,41+/m1/s1. The SMILES string of the molecule is C=C1C[C@@H]2CC[C@@]34C[C@H]5O[C@H]6[C@@H](O3)[C@H]3O[C@H](CC[C@@H]3O[C@H]6[C@H]5O4)CC(=O)CC3[C@H](CC4O[C@@H](CCC1O2)C[C@@H](C)C4(C)C)O[C@H](C[C@H](O)CO)[C@@H]3OC. The van der Waals surface area contributed by atoms with Gasteiger partial charge in [-0.25, -0.2) is 0 Å². The summed E-state index contributed by atoms with van der Waals surface area (Å²) in [5, 5.41) is 20.2.